The SMILES string of the molecule is CNCC(O)(c1ccc(OC)cc1)C1CC1. The summed E-state index contributed by atoms with van der Waals surface area (Å²) in [5.74, 6) is 1.22. The third-order valence-electron chi connectivity index (χ3n) is 3.29. The Labute approximate surface area is 96.4 Å². The molecule has 0 saturated heterocycles. The van der Waals surface area contributed by atoms with Crippen molar-refractivity contribution in [2.45, 2.75) is 18.4 Å². The van der Waals surface area contributed by atoms with Gasteiger partial charge in [0.15, 0.2) is 0 Å². The molecule has 2 rings (SSSR count). The van der Waals surface area contributed by atoms with Gasteiger partial charge in [-0.15, -0.1) is 0 Å². The molecule has 1 aromatic rings. The van der Waals surface area contributed by atoms with Crippen LogP contribution < -0.4 is 10.1 Å². The Hall–Kier alpha value is -1.06. The molecule has 2 N–H and O–H groups in total. The van der Waals surface area contributed by atoms with E-state index < -0.39 is 5.60 Å². The summed E-state index contributed by atoms with van der Waals surface area (Å²) < 4.78 is 5.12. The Kier molecular flexibility index (Phi) is 3.17. The second-order valence-electron chi connectivity index (χ2n) is 4.46. The van der Waals surface area contributed by atoms with Crippen molar-refractivity contribution in [1.29, 1.82) is 0 Å². The fraction of sp³-hybridized carbons (Fsp3) is 0.538. The van der Waals surface area contributed by atoms with E-state index in [1.807, 2.05) is 31.3 Å². The molecule has 0 amide bonds. The molecule has 1 aromatic carbocycles. The summed E-state index contributed by atoms with van der Waals surface area (Å²) in [6.45, 7) is 0.601. The predicted octanol–water partition coefficient (Wildman–Crippen LogP) is 1.51. The highest BCUT2D eigenvalue weighted by atomic mass is 16.5. The first-order valence-corrected chi connectivity index (χ1v) is 5.72. The molecule has 1 fully saturated rings. The number of benzene rings is 1. The van der Waals surface area contributed by atoms with Crippen molar-refractivity contribution in [3.8, 4) is 5.75 Å². The van der Waals surface area contributed by atoms with Gasteiger partial charge in [-0.3, -0.25) is 0 Å². The van der Waals surface area contributed by atoms with Crippen LogP contribution in [0.15, 0.2) is 24.3 Å². The van der Waals surface area contributed by atoms with Gasteiger partial charge in [0.2, 0.25) is 0 Å². The van der Waals surface area contributed by atoms with Gasteiger partial charge < -0.3 is 15.2 Å². The molecule has 1 saturated carbocycles. The summed E-state index contributed by atoms with van der Waals surface area (Å²) in [6.07, 6.45) is 2.23. The molecule has 1 atom stereocenters. The Balaban J connectivity index is 2.24. The summed E-state index contributed by atoms with van der Waals surface area (Å²) in [7, 11) is 3.52. The highest BCUT2D eigenvalue weighted by Crippen LogP contribution is 2.45. The number of likely N-dealkylation sites (N-methyl/N-ethyl adjacent to an activating group) is 1. The average molecular weight is 221 g/mol. The molecule has 0 aromatic heterocycles. The van der Waals surface area contributed by atoms with E-state index in [1.54, 1.807) is 7.11 Å². The van der Waals surface area contributed by atoms with Crippen molar-refractivity contribution in [2.75, 3.05) is 20.7 Å². The minimum Gasteiger partial charge on any atom is -0.497 e. The molecular weight excluding hydrogens is 202 g/mol. The highest BCUT2D eigenvalue weighted by Gasteiger charge is 2.44. The summed E-state index contributed by atoms with van der Waals surface area (Å²) in [5, 5.41) is 13.8. The van der Waals surface area contributed by atoms with E-state index >= 15 is 0 Å². The lowest BCUT2D eigenvalue weighted by atomic mass is 9.88. The van der Waals surface area contributed by atoms with Crippen molar-refractivity contribution in [3.63, 3.8) is 0 Å². The average Bonchev–Trinajstić information content (AvgIpc) is 3.13. The van der Waals surface area contributed by atoms with Crippen LogP contribution >= 0.6 is 0 Å². The summed E-state index contributed by atoms with van der Waals surface area (Å²) in [6, 6.07) is 7.71. The fourth-order valence-corrected chi connectivity index (χ4v) is 2.19. The third-order valence-corrected chi connectivity index (χ3v) is 3.29. The summed E-state index contributed by atoms with van der Waals surface area (Å²) in [5.41, 5.74) is 0.256. The van der Waals surface area contributed by atoms with Gasteiger partial charge in [0.1, 0.15) is 11.4 Å². The van der Waals surface area contributed by atoms with Crippen LogP contribution in [0.25, 0.3) is 0 Å². The molecular formula is C13H19NO2. The third kappa shape index (κ3) is 2.06. The zero-order valence-corrected chi connectivity index (χ0v) is 9.86. The number of hydrogen-bond acceptors (Lipinski definition) is 3. The maximum absolute atomic E-state index is 10.7. The van der Waals surface area contributed by atoms with Crippen LogP contribution in [0, 0.1) is 5.92 Å². The van der Waals surface area contributed by atoms with E-state index in [9.17, 15) is 5.11 Å². The van der Waals surface area contributed by atoms with Crippen LogP contribution in [-0.2, 0) is 5.60 Å². The van der Waals surface area contributed by atoms with Crippen molar-refractivity contribution in [1.82, 2.24) is 5.32 Å². The van der Waals surface area contributed by atoms with Crippen LogP contribution in [-0.4, -0.2) is 25.8 Å². The number of nitrogens with one attached hydrogen (secondary N) is 1. The van der Waals surface area contributed by atoms with E-state index in [4.69, 9.17) is 4.74 Å². The lowest BCUT2D eigenvalue weighted by Gasteiger charge is -2.28. The van der Waals surface area contributed by atoms with Crippen LogP contribution in [0.4, 0.5) is 0 Å². The molecule has 1 aliphatic carbocycles. The molecule has 0 spiro atoms. The largest absolute Gasteiger partial charge is 0.497 e. The zero-order valence-electron chi connectivity index (χ0n) is 9.86. The topological polar surface area (TPSA) is 41.5 Å². The number of hydrogen-bond donors (Lipinski definition) is 2. The first kappa shape index (κ1) is 11.4. The van der Waals surface area contributed by atoms with E-state index in [0.29, 0.717) is 12.5 Å². The van der Waals surface area contributed by atoms with Crippen molar-refractivity contribution >= 4 is 0 Å². The zero-order chi connectivity index (χ0) is 11.6. The maximum atomic E-state index is 10.7. The van der Waals surface area contributed by atoms with Crippen LogP contribution in [0.2, 0.25) is 0 Å². The van der Waals surface area contributed by atoms with Gasteiger partial charge in [0.05, 0.1) is 7.11 Å². The van der Waals surface area contributed by atoms with Crippen LogP contribution in [0.5, 0.6) is 5.75 Å². The predicted molar refractivity (Wildman–Crippen MR) is 63.5 cm³/mol. The minimum atomic E-state index is -0.721. The molecule has 88 valence electrons. The van der Waals surface area contributed by atoms with E-state index in [0.717, 1.165) is 24.2 Å². The standard InChI is InChI=1S/C13H19NO2/c1-14-9-13(15,10-3-4-10)11-5-7-12(16-2)8-6-11/h5-8,10,14-15H,3-4,9H2,1-2H3. The Morgan fingerprint density at radius 2 is 2.00 bits per heavy atom. The Morgan fingerprint density at radius 3 is 2.44 bits per heavy atom. The lowest BCUT2D eigenvalue weighted by Crippen LogP contribution is -2.38. The van der Waals surface area contributed by atoms with Crippen molar-refractivity contribution in [2.24, 2.45) is 5.92 Å². The normalized spacial score (nSPS) is 19.2. The second-order valence-corrected chi connectivity index (χ2v) is 4.46. The molecule has 0 aliphatic heterocycles. The first-order chi connectivity index (χ1) is 7.70. The smallest absolute Gasteiger partial charge is 0.118 e. The van der Waals surface area contributed by atoms with Gasteiger partial charge in [-0.2, -0.15) is 0 Å². The molecule has 3 heteroatoms. The van der Waals surface area contributed by atoms with E-state index in [2.05, 4.69) is 5.32 Å². The second kappa shape index (κ2) is 4.44. The van der Waals surface area contributed by atoms with E-state index in [-0.39, 0.29) is 0 Å². The maximum Gasteiger partial charge on any atom is 0.118 e. The van der Waals surface area contributed by atoms with Crippen LogP contribution in [0.3, 0.4) is 0 Å². The van der Waals surface area contributed by atoms with Gasteiger partial charge in [0.25, 0.3) is 0 Å². The van der Waals surface area contributed by atoms with Gasteiger partial charge in [-0.1, -0.05) is 12.1 Å². The number of rotatable bonds is 5. The Morgan fingerprint density at radius 1 is 1.38 bits per heavy atom. The van der Waals surface area contributed by atoms with E-state index in [1.165, 1.54) is 0 Å². The number of aliphatic hydroxyl groups is 1. The van der Waals surface area contributed by atoms with Gasteiger partial charge >= 0.3 is 0 Å². The number of methoxy groups -OCH3 is 1. The summed E-state index contributed by atoms with van der Waals surface area (Å²) >= 11 is 0. The van der Waals surface area contributed by atoms with Crippen molar-refractivity contribution < 1.29 is 9.84 Å². The highest BCUT2D eigenvalue weighted by molar-refractivity contribution is 5.32. The quantitative estimate of drug-likeness (QED) is 0.792. The lowest BCUT2D eigenvalue weighted by molar-refractivity contribution is 0.0153. The van der Waals surface area contributed by atoms with Gasteiger partial charge in [0, 0.05) is 6.54 Å². The first-order valence-electron chi connectivity index (χ1n) is 5.72. The monoisotopic (exact) mass is 221 g/mol. The molecule has 0 radical (unpaired) electrons. The van der Waals surface area contributed by atoms with Crippen LogP contribution in [0.1, 0.15) is 18.4 Å². The molecule has 1 aliphatic rings. The molecule has 0 heterocycles. The molecule has 0 bridgehead atoms. The number of ether oxygens (including phenoxy) is 1. The molecule has 1 unspecified atom stereocenters. The Bertz CT molecular complexity index is 345. The van der Waals surface area contributed by atoms with Gasteiger partial charge in [-0.05, 0) is 43.5 Å². The molecule has 3 nitrogen and oxygen atoms in total. The van der Waals surface area contributed by atoms with Crippen molar-refractivity contribution in [3.05, 3.63) is 29.8 Å². The minimum absolute atomic E-state index is 0.397. The summed E-state index contributed by atoms with van der Waals surface area (Å²) in [4.78, 5) is 0. The van der Waals surface area contributed by atoms with Gasteiger partial charge in [-0.25, -0.2) is 0 Å². The molecule has 16 heavy (non-hydrogen) atoms. The fourth-order valence-electron chi connectivity index (χ4n) is 2.19.